The van der Waals surface area contributed by atoms with Gasteiger partial charge in [-0.3, -0.25) is 14.9 Å². The Labute approximate surface area is 254 Å². The van der Waals surface area contributed by atoms with E-state index < -0.39 is 48.7 Å². The molecular weight excluding hydrogens is 582 g/mol. The molecule has 1 aromatic heterocycles. The number of anilines is 2. The zero-order valence-corrected chi connectivity index (χ0v) is 24.7. The quantitative estimate of drug-likeness (QED) is 0.167. The van der Waals surface area contributed by atoms with E-state index in [4.69, 9.17) is 14.2 Å². The Bertz CT molecular complexity index is 1280. The number of esters is 1. The van der Waals surface area contributed by atoms with Crippen molar-refractivity contribution in [3.63, 3.8) is 0 Å². The van der Waals surface area contributed by atoms with Crippen molar-refractivity contribution in [3.8, 4) is 0 Å². The van der Waals surface area contributed by atoms with Crippen molar-refractivity contribution >= 4 is 29.5 Å². The lowest BCUT2D eigenvalue weighted by atomic mass is 10.1. The van der Waals surface area contributed by atoms with Crippen LogP contribution in [0.15, 0.2) is 47.4 Å². The zero-order valence-electron chi connectivity index (χ0n) is 24.7. The second kappa shape index (κ2) is 17.4. The van der Waals surface area contributed by atoms with E-state index >= 15 is 8.78 Å². The smallest absolute Gasteiger partial charge is 0.412 e. The Morgan fingerprint density at radius 2 is 1.70 bits per heavy atom. The number of unbranched alkanes of at least 4 members (excludes halogenated alkanes) is 6. The maximum atomic E-state index is 15.6. The number of carbonyl (C=O) groups excluding carboxylic acids is 3. The Hall–Kier alpha value is -3.91. The third-order valence-corrected chi connectivity index (χ3v) is 6.96. The van der Waals surface area contributed by atoms with Crippen LogP contribution in [0.1, 0.15) is 77.4 Å². The minimum atomic E-state index is -3.97. The molecule has 0 aliphatic carbocycles. The van der Waals surface area contributed by atoms with Crippen LogP contribution >= 0.6 is 0 Å². The van der Waals surface area contributed by atoms with Gasteiger partial charge in [0.2, 0.25) is 12.1 Å². The van der Waals surface area contributed by atoms with Crippen LogP contribution < -0.4 is 16.3 Å². The fourth-order valence-electron chi connectivity index (χ4n) is 4.68. The van der Waals surface area contributed by atoms with Crippen LogP contribution in [-0.2, 0) is 23.8 Å². The molecule has 3 rings (SSSR count). The van der Waals surface area contributed by atoms with E-state index in [-0.39, 0.29) is 24.8 Å². The summed E-state index contributed by atoms with van der Waals surface area (Å²) in [6.45, 7) is 1.21. The first-order valence-corrected chi connectivity index (χ1v) is 14.9. The summed E-state index contributed by atoms with van der Waals surface area (Å²) >= 11 is 0. The van der Waals surface area contributed by atoms with Crippen LogP contribution in [0.5, 0.6) is 0 Å². The van der Waals surface area contributed by atoms with Crippen molar-refractivity contribution in [1.82, 2.24) is 9.55 Å². The Morgan fingerprint density at radius 3 is 2.41 bits per heavy atom. The van der Waals surface area contributed by atoms with Gasteiger partial charge < -0.3 is 24.6 Å². The number of nitrogens with zero attached hydrogens (tertiary/aromatic N) is 2. The molecule has 1 saturated heterocycles. The highest BCUT2D eigenvalue weighted by Crippen LogP contribution is 2.45. The number of hydrogen-bond acceptors (Lipinski definition) is 9. The molecule has 3 atom stereocenters. The van der Waals surface area contributed by atoms with Crippen molar-refractivity contribution in [2.24, 2.45) is 0 Å². The maximum absolute atomic E-state index is 15.6. The van der Waals surface area contributed by atoms with E-state index in [0.29, 0.717) is 48.8 Å². The molecule has 14 heteroatoms. The molecule has 1 fully saturated rings. The summed E-state index contributed by atoms with van der Waals surface area (Å²) in [6.07, 6.45) is -0.433. The summed E-state index contributed by atoms with van der Waals surface area (Å²) in [4.78, 5) is 52.8. The molecule has 44 heavy (non-hydrogen) atoms. The summed E-state index contributed by atoms with van der Waals surface area (Å²) in [7, 11) is 0. The molecule has 0 spiro atoms. The summed E-state index contributed by atoms with van der Waals surface area (Å²) in [5, 5.41) is 14.8. The topological polar surface area (TPSA) is 158 Å². The van der Waals surface area contributed by atoms with Crippen LogP contribution in [-0.4, -0.2) is 64.0 Å². The molecule has 2 heterocycles. The Morgan fingerprint density at radius 1 is 1.00 bits per heavy atom. The lowest BCUT2D eigenvalue weighted by Crippen LogP contribution is -2.45. The van der Waals surface area contributed by atoms with E-state index in [0.717, 1.165) is 31.5 Å². The highest BCUT2D eigenvalue weighted by atomic mass is 19.3. The summed E-state index contributed by atoms with van der Waals surface area (Å²) < 4.78 is 47.1. The minimum Gasteiger partial charge on any atom is -0.453 e. The summed E-state index contributed by atoms with van der Waals surface area (Å²) in [5.41, 5.74) is -0.454. The number of para-hydroxylation sites is 1. The molecule has 242 valence electrons. The van der Waals surface area contributed by atoms with Crippen molar-refractivity contribution < 1.29 is 42.5 Å². The van der Waals surface area contributed by atoms with Gasteiger partial charge in [0, 0.05) is 24.7 Å². The fraction of sp³-hybridized carbons (Fsp3) is 0.567. The Kier molecular flexibility index (Phi) is 13.7. The highest BCUT2D eigenvalue weighted by molar-refractivity contribution is 5.90. The van der Waals surface area contributed by atoms with Crippen molar-refractivity contribution in [1.29, 1.82) is 0 Å². The molecular formula is C30H40F2N4O8. The second-order valence-electron chi connectivity index (χ2n) is 10.4. The van der Waals surface area contributed by atoms with Gasteiger partial charge in [0.1, 0.15) is 11.9 Å². The van der Waals surface area contributed by atoms with Crippen LogP contribution in [0.2, 0.25) is 0 Å². The number of benzene rings is 1. The second-order valence-corrected chi connectivity index (χ2v) is 10.4. The van der Waals surface area contributed by atoms with E-state index in [2.05, 4.69) is 15.6 Å². The molecule has 1 aromatic carbocycles. The number of ether oxygens (including phenoxy) is 3. The molecule has 0 unspecified atom stereocenters. The summed E-state index contributed by atoms with van der Waals surface area (Å²) in [6, 6.07) is 10.2. The third-order valence-electron chi connectivity index (χ3n) is 6.96. The van der Waals surface area contributed by atoms with Gasteiger partial charge in [-0.1, -0.05) is 57.2 Å². The molecule has 12 nitrogen and oxygen atoms in total. The number of carbonyl (C=O) groups is 3. The van der Waals surface area contributed by atoms with Gasteiger partial charge in [-0.25, -0.2) is 19.1 Å². The number of aliphatic hydroxyl groups excluding tert-OH is 1. The molecule has 1 aliphatic rings. The van der Waals surface area contributed by atoms with Gasteiger partial charge in [0.15, 0.2) is 6.10 Å². The average molecular weight is 623 g/mol. The molecule has 0 bridgehead atoms. The molecule has 0 radical (unpaired) electrons. The largest absolute Gasteiger partial charge is 0.453 e. The fourth-order valence-corrected chi connectivity index (χ4v) is 4.68. The lowest BCUT2D eigenvalue weighted by molar-refractivity contribution is -0.176. The summed E-state index contributed by atoms with van der Waals surface area (Å²) in [5.74, 6) is -5.39. The van der Waals surface area contributed by atoms with Crippen LogP contribution in [0.4, 0.5) is 25.1 Å². The van der Waals surface area contributed by atoms with Crippen molar-refractivity contribution in [2.75, 3.05) is 23.8 Å². The number of aromatic nitrogens is 2. The number of aliphatic hydroxyl groups is 1. The zero-order chi connectivity index (χ0) is 32.0. The predicted molar refractivity (Wildman–Crippen MR) is 156 cm³/mol. The Balaban J connectivity index is 1.51. The van der Waals surface area contributed by atoms with Crippen molar-refractivity contribution in [2.45, 2.75) is 95.5 Å². The molecule has 2 aromatic rings. The maximum Gasteiger partial charge on any atom is 0.412 e. The first kappa shape index (κ1) is 34.6. The van der Waals surface area contributed by atoms with Gasteiger partial charge in [0.25, 0.3) is 0 Å². The van der Waals surface area contributed by atoms with Gasteiger partial charge in [0.05, 0.1) is 13.2 Å². The van der Waals surface area contributed by atoms with Crippen LogP contribution in [0.3, 0.4) is 0 Å². The monoisotopic (exact) mass is 622 g/mol. The van der Waals surface area contributed by atoms with E-state index in [1.54, 1.807) is 12.1 Å². The van der Waals surface area contributed by atoms with Crippen molar-refractivity contribution in [3.05, 3.63) is 53.1 Å². The standard InChI is InChI=1S/C30H40F2N4O8/c1-2-3-4-12-19-42-29(41)35-23-17-18-33-28(40)36(23)27-30(31,32)26(22(20-37)43-27)44-25(39)16-11-6-5-10-15-24(38)34-21-13-8-7-9-14-21/h7-9,13-14,17-18,22,26-27,37H,2-6,10-12,15-16,19-20H2,1H3,(H,34,38)(H,35,41)/t22-,26-,27-/m1/s1. The van der Waals surface area contributed by atoms with Gasteiger partial charge >= 0.3 is 23.7 Å². The van der Waals surface area contributed by atoms with E-state index in [1.165, 1.54) is 0 Å². The molecule has 3 N–H and O–H groups in total. The average Bonchev–Trinajstić information content (AvgIpc) is 3.24. The lowest BCUT2D eigenvalue weighted by Gasteiger charge is -2.25. The predicted octanol–water partition coefficient (Wildman–Crippen LogP) is 4.79. The molecule has 1 aliphatic heterocycles. The SMILES string of the molecule is CCCCCCOC(=O)Nc1ccnc(=O)n1[C@@H]1O[C@H](CO)[C@@H](OC(=O)CCCCCCC(=O)Nc2ccccc2)C1(F)F. The number of nitrogens with one attached hydrogen (secondary N) is 2. The van der Waals surface area contributed by atoms with Crippen LogP contribution in [0.25, 0.3) is 0 Å². The highest BCUT2D eigenvalue weighted by Gasteiger charge is 2.62. The number of amides is 2. The van der Waals surface area contributed by atoms with E-state index in [1.807, 2.05) is 25.1 Å². The van der Waals surface area contributed by atoms with Gasteiger partial charge in [-0.05, 0) is 37.5 Å². The first-order valence-electron chi connectivity index (χ1n) is 14.9. The molecule has 2 amide bonds. The van der Waals surface area contributed by atoms with Gasteiger partial charge in [-0.2, -0.15) is 8.78 Å². The molecule has 0 saturated carbocycles. The number of halogens is 2. The minimum absolute atomic E-state index is 0.103. The van der Waals surface area contributed by atoms with Gasteiger partial charge in [-0.15, -0.1) is 0 Å². The number of hydrogen-bond donors (Lipinski definition) is 3. The first-order chi connectivity index (χ1) is 21.2. The third kappa shape index (κ3) is 10.1. The van der Waals surface area contributed by atoms with E-state index in [9.17, 15) is 24.3 Å². The number of alkyl halides is 2. The normalized spacial score (nSPS) is 18.9. The van der Waals surface area contributed by atoms with Crippen LogP contribution in [0, 0.1) is 0 Å². The number of rotatable bonds is 17.